The van der Waals surface area contributed by atoms with Gasteiger partial charge in [-0.2, -0.15) is 0 Å². The van der Waals surface area contributed by atoms with Crippen LogP contribution in [0.15, 0.2) is 59.5 Å². The zero-order valence-corrected chi connectivity index (χ0v) is 17.9. The predicted molar refractivity (Wildman–Crippen MR) is 111 cm³/mol. The SMILES string of the molecule is CC(C)(C)OC(=O)N1C[C@@H](O)[C@H](NS(=O)(=O)c2ccc(Oc3ccccc3)cc2)C1. The molecular formula is C21H26N2O6S. The van der Waals surface area contributed by atoms with Gasteiger partial charge in [0.05, 0.1) is 23.6 Å². The lowest BCUT2D eigenvalue weighted by Gasteiger charge is -2.24. The third-order valence-electron chi connectivity index (χ3n) is 4.36. The summed E-state index contributed by atoms with van der Waals surface area (Å²) >= 11 is 0. The lowest BCUT2D eigenvalue weighted by Crippen LogP contribution is -2.43. The Hall–Kier alpha value is -2.62. The molecule has 2 atom stereocenters. The van der Waals surface area contributed by atoms with Crippen LogP contribution in [0.2, 0.25) is 0 Å². The molecule has 9 heteroatoms. The number of para-hydroxylation sites is 1. The maximum Gasteiger partial charge on any atom is 0.410 e. The number of likely N-dealkylation sites (tertiary alicyclic amines) is 1. The van der Waals surface area contributed by atoms with Gasteiger partial charge in [-0.3, -0.25) is 0 Å². The molecule has 162 valence electrons. The van der Waals surface area contributed by atoms with Gasteiger partial charge in [-0.1, -0.05) is 18.2 Å². The molecule has 1 heterocycles. The van der Waals surface area contributed by atoms with E-state index in [1.165, 1.54) is 17.0 Å². The fourth-order valence-corrected chi connectivity index (χ4v) is 4.22. The molecule has 30 heavy (non-hydrogen) atoms. The van der Waals surface area contributed by atoms with E-state index in [4.69, 9.17) is 9.47 Å². The predicted octanol–water partition coefficient (Wildman–Crippen LogP) is 2.74. The normalized spacial score (nSPS) is 19.5. The number of nitrogens with zero attached hydrogens (tertiary/aromatic N) is 1. The molecule has 0 spiro atoms. The van der Waals surface area contributed by atoms with Gasteiger partial charge in [0.2, 0.25) is 10.0 Å². The molecule has 1 fully saturated rings. The van der Waals surface area contributed by atoms with Crippen molar-refractivity contribution in [2.75, 3.05) is 13.1 Å². The molecule has 8 nitrogen and oxygen atoms in total. The van der Waals surface area contributed by atoms with Gasteiger partial charge in [-0.15, -0.1) is 0 Å². The fraction of sp³-hybridized carbons (Fsp3) is 0.381. The van der Waals surface area contributed by atoms with Gasteiger partial charge in [0.1, 0.15) is 17.1 Å². The van der Waals surface area contributed by atoms with E-state index < -0.39 is 33.9 Å². The van der Waals surface area contributed by atoms with Crippen molar-refractivity contribution in [3.05, 3.63) is 54.6 Å². The number of ether oxygens (including phenoxy) is 2. The molecule has 0 aliphatic carbocycles. The van der Waals surface area contributed by atoms with Crippen LogP contribution in [0.5, 0.6) is 11.5 Å². The minimum atomic E-state index is -3.89. The van der Waals surface area contributed by atoms with Crippen LogP contribution in [0.1, 0.15) is 20.8 Å². The maximum atomic E-state index is 12.7. The Labute approximate surface area is 176 Å². The van der Waals surface area contributed by atoms with Crippen LogP contribution < -0.4 is 9.46 Å². The van der Waals surface area contributed by atoms with E-state index in [2.05, 4.69) is 4.72 Å². The summed E-state index contributed by atoms with van der Waals surface area (Å²) in [5.41, 5.74) is -0.677. The van der Waals surface area contributed by atoms with Crippen molar-refractivity contribution in [1.29, 1.82) is 0 Å². The summed E-state index contributed by atoms with van der Waals surface area (Å²) in [7, 11) is -3.89. The Bertz CT molecular complexity index is 971. The van der Waals surface area contributed by atoms with Gasteiger partial charge < -0.3 is 19.5 Å². The van der Waals surface area contributed by atoms with Gasteiger partial charge in [0.25, 0.3) is 0 Å². The maximum absolute atomic E-state index is 12.7. The second-order valence-electron chi connectivity index (χ2n) is 8.07. The average Bonchev–Trinajstić information content (AvgIpc) is 3.02. The summed E-state index contributed by atoms with van der Waals surface area (Å²) in [5, 5.41) is 10.2. The fourth-order valence-electron chi connectivity index (χ4n) is 2.96. The van der Waals surface area contributed by atoms with Crippen molar-refractivity contribution in [3.63, 3.8) is 0 Å². The van der Waals surface area contributed by atoms with Crippen LogP contribution in [0.4, 0.5) is 4.79 Å². The van der Waals surface area contributed by atoms with Gasteiger partial charge in [0.15, 0.2) is 0 Å². The second-order valence-corrected chi connectivity index (χ2v) is 9.78. The van der Waals surface area contributed by atoms with Gasteiger partial charge >= 0.3 is 6.09 Å². The average molecular weight is 435 g/mol. The molecule has 3 rings (SSSR count). The van der Waals surface area contributed by atoms with E-state index in [1.54, 1.807) is 45.0 Å². The lowest BCUT2D eigenvalue weighted by molar-refractivity contribution is 0.0270. The number of rotatable bonds is 5. The highest BCUT2D eigenvalue weighted by Crippen LogP contribution is 2.23. The molecule has 1 aliphatic rings. The zero-order valence-electron chi connectivity index (χ0n) is 17.1. The number of sulfonamides is 1. The van der Waals surface area contributed by atoms with E-state index in [1.807, 2.05) is 18.2 Å². The highest BCUT2D eigenvalue weighted by atomic mass is 32.2. The molecule has 0 radical (unpaired) electrons. The van der Waals surface area contributed by atoms with E-state index in [0.717, 1.165) is 0 Å². The number of carbonyl (C=O) groups excluding carboxylic acids is 1. The first kappa shape index (κ1) is 22.1. The number of amides is 1. The molecule has 2 N–H and O–H groups in total. The molecule has 1 saturated heterocycles. The number of carbonyl (C=O) groups is 1. The molecule has 1 aliphatic heterocycles. The van der Waals surface area contributed by atoms with Crippen LogP contribution in [-0.4, -0.2) is 55.4 Å². The number of benzene rings is 2. The van der Waals surface area contributed by atoms with E-state index >= 15 is 0 Å². The summed E-state index contributed by atoms with van der Waals surface area (Å²) in [4.78, 5) is 13.5. The summed E-state index contributed by atoms with van der Waals surface area (Å²) in [6.07, 6.45) is -1.63. The Kier molecular flexibility index (Phi) is 6.35. The number of aliphatic hydroxyl groups excluding tert-OH is 1. The van der Waals surface area contributed by atoms with Crippen LogP contribution in [0.25, 0.3) is 0 Å². The van der Waals surface area contributed by atoms with Crippen LogP contribution >= 0.6 is 0 Å². The van der Waals surface area contributed by atoms with E-state index in [-0.39, 0.29) is 18.0 Å². The van der Waals surface area contributed by atoms with Crippen LogP contribution in [-0.2, 0) is 14.8 Å². The Morgan fingerprint density at radius 2 is 1.63 bits per heavy atom. The first-order chi connectivity index (χ1) is 14.0. The molecule has 0 bridgehead atoms. The van der Waals surface area contributed by atoms with Crippen molar-refractivity contribution < 1.29 is 27.8 Å². The summed E-state index contributed by atoms with van der Waals surface area (Å²) in [5.74, 6) is 1.14. The Morgan fingerprint density at radius 3 is 2.23 bits per heavy atom. The van der Waals surface area contributed by atoms with Gasteiger partial charge in [-0.25, -0.2) is 17.9 Å². The molecule has 2 aromatic carbocycles. The molecule has 1 amide bonds. The molecule has 0 saturated carbocycles. The minimum Gasteiger partial charge on any atom is -0.457 e. The standard InChI is InChI=1S/C21H26N2O6S/c1-21(2,3)29-20(25)23-13-18(19(24)14-23)22-30(26,27)17-11-9-16(10-12-17)28-15-7-5-4-6-8-15/h4-12,18-19,22,24H,13-14H2,1-3H3/t18-,19-/m1/s1. The summed E-state index contributed by atoms with van der Waals surface area (Å²) in [6.45, 7) is 5.23. The van der Waals surface area contributed by atoms with Crippen molar-refractivity contribution in [2.24, 2.45) is 0 Å². The molecule has 0 unspecified atom stereocenters. The van der Waals surface area contributed by atoms with Gasteiger partial charge in [-0.05, 0) is 57.2 Å². The quantitative estimate of drug-likeness (QED) is 0.750. The van der Waals surface area contributed by atoms with E-state index in [0.29, 0.717) is 11.5 Å². The monoisotopic (exact) mass is 434 g/mol. The first-order valence-electron chi connectivity index (χ1n) is 9.55. The summed E-state index contributed by atoms with van der Waals surface area (Å²) in [6, 6.07) is 14.3. The number of β-amino-alcohol motifs (C(OH)–C–C–N with tert-alkyl or cyclic N) is 1. The van der Waals surface area contributed by atoms with Crippen molar-refractivity contribution in [2.45, 2.75) is 43.4 Å². The Morgan fingerprint density at radius 1 is 1.03 bits per heavy atom. The van der Waals surface area contributed by atoms with Gasteiger partial charge in [0, 0.05) is 6.54 Å². The second kappa shape index (κ2) is 8.63. The van der Waals surface area contributed by atoms with Crippen LogP contribution in [0.3, 0.4) is 0 Å². The number of hydrogen-bond acceptors (Lipinski definition) is 6. The van der Waals surface area contributed by atoms with Crippen LogP contribution in [0, 0.1) is 0 Å². The molecule has 2 aromatic rings. The van der Waals surface area contributed by atoms with E-state index in [9.17, 15) is 18.3 Å². The third-order valence-corrected chi connectivity index (χ3v) is 5.87. The topological polar surface area (TPSA) is 105 Å². The highest BCUT2D eigenvalue weighted by Gasteiger charge is 2.38. The molecular weight excluding hydrogens is 408 g/mol. The first-order valence-corrected chi connectivity index (χ1v) is 11.0. The summed E-state index contributed by atoms with van der Waals surface area (Å²) < 4.78 is 38.8. The number of nitrogens with one attached hydrogen (secondary N) is 1. The third kappa shape index (κ3) is 5.71. The number of aliphatic hydroxyl groups is 1. The van der Waals surface area contributed by atoms with Crippen molar-refractivity contribution in [1.82, 2.24) is 9.62 Å². The van der Waals surface area contributed by atoms with Crippen molar-refractivity contribution in [3.8, 4) is 11.5 Å². The smallest absolute Gasteiger partial charge is 0.410 e. The highest BCUT2D eigenvalue weighted by molar-refractivity contribution is 7.89. The largest absolute Gasteiger partial charge is 0.457 e. The Balaban J connectivity index is 1.64. The lowest BCUT2D eigenvalue weighted by atomic mass is 10.2. The van der Waals surface area contributed by atoms with Crippen molar-refractivity contribution >= 4 is 16.1 Å². The zero-order chi connectivity index (χ0) is 21.9. The minimum absolute atomic E-state index is 0.00798. The number of hydrogen-bond donors (Lipinski definition) is 2. The molecule has 0 aromatic heterocycles.